The fourth-order valence-corrected chi connectivity index (χ4v) is 2.07. The van der Waals surface area contributed by atoms with Gasteiger partial charge >= 0.3 is 0 Å². The van der Waals surface area contributed by atoms with Crippen LogP contribution in [0.3, 0.4) is 0 Å². The monoisotopic (exact) mass is 315 g/mol. The van der Waals surface area contributed by atoms with Gasteiger partial charge in [0.1, 0.15) is 11.6 Å². The topological polar surface area (TPSA) is 64.9 Å². The first-order valence-corrected chi connectivity index (χ1v) is 6.98. The molecule has 2 aromatic rings. The van der Waals surface area contributed by atoms with Crippen molar-refractivity contribution in [3.63, 3.8) is 0 Å². The number of amides is 1. The van der Waals surface area contributed by atoms with Crippen molar-refractivity contribution in [3.8, 4) is 6.07 Å². The number of nitriles is 1. The molecular formula is C17H15F2N3O. The molecule has 1 amide bonds. The zero-order valence-corrected chi connectivity index (χ0v) is 12.4. The van der Waals surface area contributed by atoms with Gasteiger partial charge in [-0.3, -0.25) is 4.79 Å². The fraction of sp³-hybridized carbons (Fsp3) is 0.176. The minimum Gasteiger partial charge on any atom is -0.376 e. The molecule has 0 aromatic heterocycles. The normalized spacial score (nSPS) is 11.4. The van der Waals surface area contributed by atoms with Gasteiger partial charge in [0.05, 0.1) is 24.2 Å². The van der Waals surface area contributed by atoms with Crippen LogP contribution in [-0.2, 0) is 4.79 Å². The first kappa shape index (κ1) is 16.4. The highest BCUT2D eigenvalue weighted by Crippen LogP contribution is 2.17. The minimum atomic E-state index is -0.696. The Kier molecular flexibility index (Phi) is 5.26. The molecule has 0 bridgehead atoms. The molecule has 23 heavy (non-hydrogen) atoms. The smallest absolute Gasteiger partial charge is 0.239 e. The molecular weight excluding hydrogens is 300 g/mol. The molecule has 4 nitrogen and oxygen atoms in total. The summed E-state index contributed by atoms with van der Waals surface area (Å²) in [4.78, 5) is 11.9. The Balaban J connectivity index is 1.89. The molecule has 0 saturated carbocycles. The van der Waals surface area contributed by atoms with E-state index >= 15 is 0 Å². The predicted molar refractivity (Wildman–Crippen MR) is 82.6 cm³/mol. The van der Waals surface area contributed by atoms with E-state index in [0.29, 0.717) is 11.3 Å². The molecule has 1 atom stereocenters. The minimum absolute atomic E-state index is 0.000939. The summed E-state index contributed by atoms with van der Waals surface area (Å²) >= 11 is 0. The van der Waals surface area contributed by atoms with Crippen molar-refractivity contribution in [2.75, 3.05) is 11.9 Å². The zero-order valence-electron chi connectivity index (χ0n) is 12.4. The number of hydrogen-bond donors (Lipinski definition) is 2. The molecule has 0 aliphatic heterocycles. The van der Waals surface area contributed by atoms with Gasteiger partial charge in [0.2, 0.25) is 5.91 Å². The first-order chi connectivity index (χ1) is 11.0. The van der Waals surface area contributed by atoms with Gasteiger partial charge in [-0.25, -0.2) is 8.78 Å². The van der Waals surface area contributed by atoms with E-state index < -0.39 is 17.7 Å². The lowest BCUT2D eigenvalue weighted by Crippen LogP contribution is -2.32. The van der Waals surface area contributed by atoms with Crippen LogP contribution in [0.1, 0.15) is 24.1 Å². The number of carbonyl (C=O) groups excluding carboxylic acids is 1. The van der Waals surface area contributed by atoms with Crippen molar-refractivity contribution in [3.05, 3.63) is 65.2 Å². The van der Waals surface area contributed by atoms with E-state index in [2.05, 4.69) is 10.6 Å². The molecule has 0 saturated heterocycles. The first-order valence-electron chi connectivity index (χ1n) is 6.98. The van der Waals surface area contributed by atoms with Gasteiger partial charge in [-0.2, -0.15) is 5.26 Å². The molecule has 6 heteroatoms. The Morgan fingerprint density at radius 1 is 1.22 bits per heavy atom. The van der Waals surface area contributed by atoms with Crippen LogP contribution in [0.4, 0.5) is 14.5 Å². The molecule has 118 valence electrons. The summed E-state index contributed by atoms with van der Waals surface area (Å²) < 4.78 is 26.5. The molecule has 0 heterocycles. The third-order valence-electron chi connectivity index (χ3n) is 3.27. The second kappa shape index (κ2) is 7.36. The maximum atomic E-state index is 13.6. The molecule has 0 spiro atoms. The maximum Gasteiger partial charge on any atom is 0.239 e. The number of anilines is 1. The van der Waals surface area contributed by atoms with Crippen LogP contribution in [0.25, 0.3) is 0 Å². The number of benzene rings is 2. The van der Waals surface area contributed by atoms with Crippen molar-refractivity contribution in [1.82, 2.24) is 5.32 Å². The summed E-state index contributed by atoms with van der Waals surface area (Å²) in [7, 11) is 0. The molecule has 0 aliphatic carbocycles. The summed E-state index contributed by atoms with van der Waals surface area (Å²) in [6.45, 7) is 1.62. The van der Waals surface area contributed by atoms with E-state index in [0.717, 1.165) is 12.1 Å². The lowest BCUT2D eigenvalue weighted by atomic mass is 10.1. The number of carbonyl (C=O) groups is 1. The Labute approximate surface area is 132 Å². The largest absolute Gasteiger partial charge is 0.376 e. The van der Waals surface area contributed by atoms with Crippen molar-refractivity contribution in [1.29, 1.82) is 5.26 Å². The van der Waals surface area contributed by atoms with Crippen LogP contribution in [0.15, 0.2) is 42.5 Å². The van der Waals surface area contributed by atoms with Crippen LogP contribution < -0.4 is 10.6 Å². The van der Waals surface area contributed by atoms with E-state index in [1.54, 1.807) is 31.2 Å². The summed E-state index contributed by atoms with van der Waals surface area (Å²) in [5.41, 5.74) is 1.44. The number of rotatable bonds is 5. The Bertz CT molecular complexity index is 738. The molecule has 2 aromatic carbocycles. The van der Waals surface area contributed by atoms with Crippen molar-refractivity contribution < 1.29 is 13.6 Å². The van der Waals surface area contributed by atoms with E-state index in [-0.39, 0.29) is 18.0 Å². The lowest BCUT2D eigenvalue weighted by Gasteiger charge is -2.15. The Morgan fingerprint density at radius 3 is 2.52 bits per heavy atom. The van der Waals surface area contributed by atoms with Crippen LogP contribution in [0, 0.1) is 23.0 Å². The third-order valence-corrected chi connectivity index (χ3v) is 3.27. The third kappa shape index (κ3) is 4.51. The highest BCUT2D eigenvalue weighted by molar-refractivity contribution is 5.81. The summed E-state index contributed by atoms with van der Waals surface area (Å²) in [5, 5.41) is 14.2. The molecule has 0 aliphatic rings. The SMILES string of the molecule is CC(NC(=O)CNc1ccc(C#N)cc1)c1ccc(F)cc1F. The highest BCUT2D eigenvalue weighted by Gasteiger charge is 2.14. The van der Waals surface area contributed by atoms with E-state index in [1.807, 2.05) is 6.07 Å². The quantitative estimate of drug-likeness (QED) is 0.891. The predicted octanol–water partition coefficient (Wildman–Crippen LogP) is 3.13. The van der Waals surface area contributed by atoms with Gasteiger partial charge < -0.3 is 10.6 Å². The number of halogens is 2. The molecule has 0 fully saturated rings. The van der Waals surface area contributed by atoms with Crippen molar-refractivity contribution in [2.24, 2.45) is 0 Å². The Morgan fingerprint density at radius 2 is 1.91 bits per heavy atom. The Hall–Kier alpha value is -2.94. The van der Waals surface area contributed by atoms with Gasteiger partial charge in [-0.15, -0.1) is 0 Å². The second-order valence-electron chi connectivity index (χ2n) is 5.00. The second-order valence-corrected chi connectivity index (χ2v) is 5.00. The number of hydrogen-bond acceptors (Lipinski definition) is 3. The zero-order chi connectivity index (χ0) is 16.8. The number of nitrogens with one attached hydrogen (secondary N) is 2. The van der Waals surface area contributed by atoms with Crippen molar-refractivity contribution in [2.45, 2.75) is 13.0 Å². The van der Waals surface area contributed by atoms with Crippen LogP contribution in [0.5, 0.6) is 0 Å². The molecule has 2 rings (SSSR count). The van der Waals surface area contributed by atoms with E-state index in [1.165, 1.54) is 6.07 Å². The van der Waals surface area contributed by atoms with Gasteiger partial charge in [-0.05, 0) is 37.3 Å². The highest BCUT2D eigenvalue weighted by atomic mass is 19.1. The van der Waals surface area contributed by atoms with Gasteiger partial charge in [0.25, 0.3) is 0 Å². The summed E-state index contributed by atoms with van der Waals surface area (Å²) in [6.07, 6.45) is 0. The lowest BCUT2D eigenvalue weighted by molar-refractivity contribution is -0.120. The van der Waals surface area contributed by atoms with Crippen LogP contribution in [0.2, 0.25) is 0 Å². The van der Waals surface area contributed by atoms with E-state index in [4.69, 9.17) is 5.26 Å². The molecule has 1 unspecified atom stereocenters. The maximum absolute atomic E-state index is 13.6. The average molecular weight is 315 g/mol. The molecule has 2 N–H and O–H groups in total. The van der Waals surface area contributed by atoms with Crippen LogP contribution in [-0.4, -0.2) is 12.5 Å². The summed E-state index contributed by atoms with van der Waals surface area (Å²) in [6, 6.07) is 11.3. The van der Waals surface area contributed by atoms with Crippen LogP contribution >= 0.6 is 0 Å². The van der Waals surface area contributed by atoms with Gasteiger partial charge in [0.15, 0.2) is 0 Å². The van der Waals surface area contributed by atoms with E-state index in [9.17, 15) is 13.6 Å². The summed E-state index contributed by atoms with van der Waals surface area (Å²) in [5.74, 6) is -1.68. The standard InChI is InChI=1S/C17H15F2N3O/c1-11(15-7-4-13(18)8-16(15)19)22-17(23)10-21-14-5-2-12(9-20)3-6-14/h2-8,11,21H,10H2,1H3,(H,22,23). The number of nitrogens with zero attached hydrogens (tertiary/aromatic N) is 1. The van der Waals surface area contributed by atoms with Gasteiger partial charge in [0, 0.05) is 17.3 Å². The fourth-order valence-electron chi connectivity index (χ4n) is 2.07. The van der Waals surface area contributed by atoms with Crippen molar-refractivity contribution >= 4 is 11.6 Å². The van der Waals surface area contributed by atoms with Gasteiger partial charge in [-0.1, -0.05) is 6.07 Å². The average Bonchev–Trinajstić information content (AvgIpc) is 2.53. The molecule has 0 radical (unpaired) electrons.